The monoisotopic (exact) mass is 234 g/mol. The molecule has 0 spiro atoms. The third-order valence-corrected chi connectivity index (χ3v) is 3.48. The fourth-order valence-corrected chi connectivity index (χ4v) is 2.01. The van der Waals surface area contributed by atoms with Gasteiger partial charge in [-0.1, -0.05) is 44.7 Å². The number of alkyl halides is 1. The zero-order chi connectivity index (χ0) is 10.5. The lowest BCUT2D eigenvalue weighted by Gasteiger charge is -2.00. The molecule has 0 aliphatic carbocycles. The van der Waals surface area contributed by atoms with Crippen molar-refractivity contribution in [3.05, 3.63) is 12.0 Å². The number of ether oxygens (including phenoxy) is 1. The summed E-state index contributed by atoms with van der Waals surface area (Å²) >= 11 is 5.57. The normalized spacial score (nSPS) is 11.9. The Kier molecular flexibility index (Phi) is 13.1. The van der Waals surface area contributed by atoms with Crippen molar-refractivity contribution in [3.8, 4) is 0 Å². The molecule has 0 aliphatic heterocycles. The van der Waals surface area contributed by atoms with Gasteiger partial charge in [-0.05, 0) is 6.42 Å². The molecule has 0 saturated carbocycles. The van der Waals surface area contributed by atoms with Crippen molar-refractivity contribution in [3.63, 3.8) is 0 Å². The Labute approximate surface area is 95.7 Å². The molecule has 0 aromatic heterocycles. The molecule has 0 atom stereocenters. The summed E-state index contributed by atoms with van der Waals surface area (Å²) in [5.41, 5.74) is 2.93. The Balaban J connectivity index is 2.91. The van der Waals surface area contributed by atoms with E-state index in [4.69, 9.17) is 16.3 Å². The first-order chi connectivity index (χ1) is 6.91. The van der Waals surface area contributed by atoms with Crippen LogP contribution in [-0.2, 0) is 4.74 Å². The molecule has 0 aromatic rings. The topological polar surface area (TPSA) is 9.23 Å². The molecule has 0 radical (unpaired) electrons. The van der Waals surface area contributed by atoms with Crippen LogP contribution in [-0.4, -0.2) is 21.6 Å². The maximum atomic E-state index is 5.57. The Morgan fingerprint density at radius 2 is 1.86 bits per heavy atom. The smallest absolute Gasteiger partial charge is 0.0872 e. The first kappa shape index (κ1) is 14.0. The van der Waals surface area contributed by atoms with Gasteiger partial charge < -0.3 is 4.74 Å². The average molecular weight is 235 g/mol. The van der Waals surface area contributed by atoms with E-state index in [0.29, 0.717) is 0 Å². The second-order valence-electron chi connectivity index (χ2n) is 3.49. The summed E-state index contributed by atoms with van der Waals surface area (Å²) < 4.78 is 5.34. The predicted octanol–water partition coefficient (Wildman–Crippen LogP) is 3.20. The van der Waals surface area contributed by atoms with E-state index in [0.717, 1.165) is 12.1 Å². The van der Waals surface area contributed by atoms with Gasteiger partial charge in [-0.3, -0.25) is 0 Å². The molecule has 14 heavy (non-hydrogen) atoms. The minimum absolute atomic E-state index is 0.169. The summed E-state index contributed by atoms with van der Waals surface area (Å²) in [7, 11) is -0.169. The van der Waals surface area contributed by atoms with Crippen LogP contribution in [0.3, 0.4) is 0 Å². The number of rotatable bonds is 10. The van der Waals surface area contributed by atoms with Crippen LogP contribution in [0.2, 0.25) is 0 Å². The maximum absolute atomic E-state index is 5.57. The van der Waals surface area contributed by atoms with Crippen LogP contribution >= 0.6 is 11.6 Å². The molecule has 84 valence electrons. The van der Waals surface area contributed by atoms with Crippen LogP contribution in [0.1, 0.15) is 45.4 Å². The van der Waals surface area contributed by atoms with Crippen molar-refractivity contribution >= 4 is 21.1 Å². The fraction of sp³-hybridized carbons (Fsp3) is 0.818. The highest BCUT2D eigenvalue weighted by Crippen LogP contribution is 2.04. The summed E-state index contributed by atoms with van der Waals surface area (Å²) in [6, 6.07) is 0. The lowest BCUT2D eigenvalue weighted by Crippen LogP contribution is -1.90. The molecule has 0 aromatic carbocycles. The van der Waals surface area contributed by atoms with Crippen LogP contribution in [0.25, 0.3) is 0 Å². The molecule has 0 heterocycles. The van der Waals surface area contributed by atoms with Crippen molar-refractivity contribution in [2.24, 2.45) is 0 Å². The highest BCUT2D eigenvalue weighted by atomic mass is 35.5. The number of halogens is 1. The molecule has 0 saturated heterocycles. The minimum atomic E-state index is -0.169. The highest BCUT2D eigenvalue weighted by molar-refractivity contribution is 6.54. The Morgan fingerprint density at radius 1 is 1.14 bits per heavy atom. The zero-order valence-corrected chi connectivity index (χ0v) is 11.5. The third kappa shape index (κ3) is 12.0. The molecule has 0 unspecified atom stereocenters. The molecule has 0 rings (SSSR count). The van der Waals surface area contributed by atoms with Crippen molar-refractivity contribution in [2.45, 2.75) is 45.4 Å². The Bertz CT molecular complexity index is 128. The largest absolute Gasteiger partial charge is 0.502 e. The van der Waals surface area contributed by atoms with Gasteiger partial charge in [-0.2, -0.15) is 0 Å². The first-order valence-electron chi connectivity index (χ1n) is 5.74. The van der Waals surface area contributed by atoms with E-state index in [9.17, 15) is 0 Å². The van der Waals surface area contributed by atoms with E-state index >= 15 is 0 Å². The molecule has 0 N–H and O–H groups in total. The minimum Gasteiger partial charge on any atom is -0.502 e. The Hall–Kier alpha value is 0.0469. The van der Waals surface area contributed by atoms with E-state index in [-0.39, 0.29) is 9.52 Å². The molecule has 0 bridgehead atoms. The number of hydrogen-bond donors (Lipinski definition) is 0. The summed E-state index contributed by atoms with van der Waals surface area (Å²) in [6.45, 7) is 3.12. The predicted molar refractivity (Wildman–Crippen MR) is 67.7 cm³/mol. The van der Waals surface area contributed by atoms with Gasteiger partial charge in [0.1, 0.15) is 0 Å². The molecular weight excluding hydrogens is 212 g/mol. The standard InChI is InChI=1S/C11H23ClOSi/c1-2-3-4-5-6-7-8-13-9-10-14-11-12/h9-10H,2-8,11,14H2,1H3. The zero-order valence-electron chi connectivity index (χ0n) is 9.30. The first-order valence-corrected chi connectivity index (χ1v) is 8.09. The van der Waals surface area contributed by atoms with E-state index in [1.807, 2.05) is 6.26 Å². The van der Waals surface area contributed by atoms with Gasteiger partial charge in [0.15, 0.2) is 0 Å². The Morgan fingerprint density at radius 3 is 2.57 bits per heavy atom. The summed E-state index contributed by atoms with van der Waals surface area (Å²) in [6.07, 6.45) is 9.77. The maximum Gasteiger partial charge on any atom is 0.0872 e. The lowest BCUT2D eigenvalue weighted by atomic mass is 10.1. The van der Waals surface area contributed by atoms with Crippen molar-refractivity contribution in [2.75, 3.05) is 12.1 Å². The van der Waals surface area contributed by atoms with Crippen LogP contribution in [0, 0.1) is 0 Å². The van der Waals surface area contributed by atoms with Crippen LogP contribution in [0.15, 0.2) is 12.0 Å². The van der Waals surface area contributed by atoms with Crippen LogP contribution < -0.4 is 0 Å². The number of hydrogen-bond acceptors (Lipinski definition) is 1. The van der Waals surface area contributed by atoms with Gasteiger partial charge in [0.2, 0.25) is 0 Å². The highest BCUT2D eigenvalue weighted by Gasteiger charge is 1.89. The molecule has 3 heteroatoms. The average Bonchev–Trinajstić information content (AvgIpc) is 2.21. The van der Waals surface area contributed by atoms with E-state index in [1.165, 1.54) is 38.5 Å². The van der Waals surface area contributed by atoms with Gasteiger partial charge >= 0.3 is 0 Å². The van der Waals surface area contributed by atoms with Gasteiger partial charge in [0, 0.05) is 5.50 Å². The SMILES string of the molecule is CCCCCCCCOC=C[SiH2]CCl. The van der Waals surface area contributed by atoms with Gasteiger partial charge in [-0.15, -0.1) is 11.6 Å². The van der Waals surface area contributed by atoms with Gasteiger partial charge in [0.05, 0.1) is 22.4 Å². The second kappa shape index (κ2) is 13.0. The summed E-state index contributed by atoms with van der Waals surface area (Å²) in [5, 5.41) is 0. The lowest BCUT2D eigenvalue weighted by molar-refractivity contribution is 0.241. The molecule has 0 aliphatic rings. The fourth-order valence-electron chi connectivity index (χ4n) is 1.23. The number of unbranched alkanes of at least 4 members (excludes halogenated alkanes) is 5. The van der Waals surface area contributed by atoms with E-state index < -0.39 is 0 Å². The van der Waals surface area contributed by atoms with Crippen molar-refractivity contribution < 1.29 is 4.74 Å². The quantitative estimate of drug-likeness (QED) is 0.244. The molecule has 1 nitrogen and oxygen atoms in total. The molecule has 0 amide bonds. The van der Waals surface area contributed by atoms with Gasteiger partial charge in [0.25, 0.3) is 0 Å². The van der Waals surface area contributed by atoms with Crippen molar-refractivity contribution in [1.29, 1.82) is 0 Å². The van der Waals surface area contributed by atoms with Crippen LogP contribution in [0.5, 0.6) is 0 Å². The van der Waals surface area contributed by atoms with Gasteiger partial charge in [-0.25, -0.2) is 0 Å². The van der Waals surface area contributed by atoms with Crippen molar-refractivity contribution in [1.82, 2.24) is 0 Å². The summed E-state index contributed by atoms with van der Waals surface area (Å²) in [5.74, 6) is 0. The van der Waals surface area contributed by atoms with E-state index in [1.54, 1.807) is 0 Å². The second-order valence-corrected chi connectivity index (χ2v) is 6.05. The summed E-state index contributed by atoms with van der Waals surface area (Å²) in [4.78, 5) is 0. The van der Waals surface area contributed by atoms with E-state index in [2.05, 4.69) is 12.6 Å². The third-order valence-electron chi connectivity index (χ3n) is 2.08. The van der Waals surface area contributed by atoms with Crippen LogP contribution in [0.4, 0.5) is 0 Å². The molecular formula is C11H23ClOSi. The molecule has 0 fully saturated rings.